The Kier molecular flexibility index (Phi) is 7.13. The van der Waals surface area contributed by atoms with Crippen molar-refractivity contribution in [3.63, 3.8) is 0 Å². The molecule has 1 aromatic carbocycles. The lowest BCUT2D eigenvalue weighted by atomic mass is 10.2. The Bertz CT molecular complexity index is 445. The minimum Gasteiger partial charge on any atom is -0.361 e. The fourth-order valence-corrected chi connectivity index (χ4v) is 4.28. The summed E-state index contributed by atoms with van der Waals surface area (Å²) in [4.78, 5) is 0. The van der Waals surface area contributed by atoms with Crippen molar-refractivity contribution >= 4 is 8.80 Å². The number of benzene rings is 1. The number of rotatable bonds is 6. The number of hydrogen-bond donors (Lipinski definition) is 0. The van der Waals surface area contributed by atoms with E-state index in [9.17, 15) is 0 Å². The minimum atomic E-state index is -3.03. The fraction of sp³-hybridized carbons (Fsp3) is 0.529. The van der Waals surface area contributed by atoms with Crippen LogP contribution in [0.2, 0.25) is 0 Å². The third kappa shape index (κ3) is 6.92. The molecule has 0 heterocycles. The van der Waals surface area contributed by atoms with Gasteiger partial charge in [-0.1, -0.05) is 24.1 Å². The molecular formula is C17H26O3Si. The van der Waals surface area contributed by atoms with Crippen molar-refractivity contribution in [1.29, 1.82) is 0 Å². The van der Waals surface area contributed by atoms with E-state index in [1.807, 2.05) is 71.9 Å². The molecule has 0 saturated heterocycles. The van der Waals surface area contributed by atoms with Gasteiger partial charge in [-0.15, -0.1) is 0 Å². The zero-order valence-corrected chi connectivity index (χ0v) is 14.8. The summed E-state index contributed by atoms with van der Waals surface area (Å²) in [6, 6.07) is 9.82. The lowest BCUT2D eigenvalue weighted by molar-refractivity contribution is 0.0163. The maximum absolute atomic E-state index is 6.00. The summed E-state index contributed by atoms with van der Waals surface area (Å²) in [5.74, 6) is 3.14. The molecule has 0 aromatic heterocycles. The van der Waals surface area contributed by atoms with Gasteiger partial charge in [-0.05, 0) is 59.2 Å². The first-order valence-corrected chi connectivity index (χ1v) is 9.17. The van der Waals surface area contributed by atoms with Crippen LogP contribution in [-0.4, -0.2) is 27.1 Å². The Morgan fingerprint density at radius 2 is 1.19 bits per heavy atom. The van der Waals surface area contributed by atoms with E-state index in [2.05, 4.69) is 11.5 Å². The lowest BCUT2D eigenvalue weighted by Crippen LogP contribution is -2.50. The van der Waals surface area contributed by atoms with E-state index in [-0.39, 0.29) is 18.3 Å². The number of hydrogen-bond acceptors (Lipinski definition) is 3. The topological polar surface area (TPSA) is 27.7 Å². The van der Waals surface area contributed by atoms with Crippen LogP contribution in [0.25, 0.3) is 0 Å². The summed E-state index contributed by atoms with van der Waals surface area (Å²) in [6.07, 6.45) is -0.00211. The largest absolute Gasteiger partial charge is 0.592 e. The molecule has 21 heavy (non-hydrogen) atoms. The molecular weight excluding hydrogens is 280 g/mol. The maximum Gasteiger partial charge on any atom is 0.592 e. The van der Waals surface area contributed by atoms with Gasteiger partial charge in [-0.3, -0.25) is 0 Å². The van der Waals surface area contributed by atoms with Crippen molar-refractivity contribution in [2.45, 2.75) is 59.9 Å². The van der Waals surface area contributed by atoms with Gasteiger partial charge in [0.2, 0.25) is 0 Å². The van der Waals surface area contributed by atoms with E-state index in [1.165, 1.54) is 0 Å². The molecule has 0 N–H and O–H groups in total. The molecule has 0 aliphatic rings. The summed E-state index contributed by atoms with van der Waals surface area (Å²) in [5, 5.41) is 0. The molecule has 0 saturated carbocycles. The van der Waals surface area contributed by atoms with Crippen LogP contribution in [-0.2, 0) is 13.3 Å². The van der Waals surface area contributed by atoms with Gasteiger partial charge >= 0.3 is 8.80 Å². The van der Waals surface area contributed by atoms with Crippen molar-refractivity contribution in [2.75, 3.05) is 0 Å². The first-order valence-electron chi connectivity index (χ1n) is 7.44. The highest BCUT2D eigenvalue weighted by Gasteiger charge is 2.43. The minimum absolute atomic E-state index is 0.000704. The van der Waals surface area contributed by atoms with E-state index < -0.39 is 8.80 Å². The Balaban J connectivity index is 3.11. The SMILES string of the molecule is CC(C)O[Si](C#Cc1ccccc1)(OC(C)C)OC(C)C. The molecule has 0 fully saturated rings. The fourth-order valence-electron chi connectivity index (χ4n) is 1.77. The first kappa shape index (κ1) is 17.9. The molecule has 3 nitrogen and oxygen atoms in total. The van der Waals surface area contributed by atoms with Gasteiger partial charge in [0, 0.05) is 23.9 Å². The first-order chi connectivity index (χ1) is 9.83. The van der Waals surface area contributed by atoms with Crippen LogP contribution in [0, 0.1) is 11.5 Å². The van der Waals surface area contributed by atoms with Crippen molar-refractivity contribution < 1.29 is 13.3 Å². The zero-order chi connectivity index (χ0) is 15.9. The molecule has 116 valence electrons. The van der Waals surface area contributed by atoms with Crippen LogP contribution in [0.3, 0.4) is 0 Å². The summed E-state index contributed by atoms with van der Waals surface area (Å²) in [7, 11) is -3.03. The molecule has 0 aliphatic carbocycles. The van der Waals surface area contributed by atoms with E-state index in [0.29, 0.717) is 0 Å². The highest BCUT2D eigenvalue weighted by Crippen LogP contribution is 2.17. The van der Waals surface area contributed by atoms with Crippen LogP contribution in [0.15, 0.2) is 30.3 Å². The zero-order valence-electron chi connectivity index (χ0n) is 13.8. The average Bonchev–Trinajstić information content (AvgIpc) is 2.35. The maximum atomic E-state index is 6.00. The second-order valence-electron chi connectivity index (χ2n) is 5.67. The molecule has 0 spiro atoms. The highest BCUT2D eigenvalue weighted by molar-refractivity contribution is 6.69. The second-order valence-corrected chi connectivity index (χ2v) is 7.74. The van der Waals surface area contributed by atoms with Gasteiger partial charge in [0.15, 0.2) is 0 Å². The molecule has 0 atom stereocenters. The van der Waals surface area contributed by atoms with Crippen LogP contribution in [0.4, 0.5) is 0 Å². The van der Waals surface area contributed by atoms with E-state index in [1.54, 1.807) is 0 Å². The van der Waals surface area contributed by atoms with Crippen LogP contribution < -0.4 is 0 Å². The molecule has 4 heteroatoms. The summed E-state index contributed by atoms with van der Waals surface area (Å²) in [6.45, 7) is 11.8. The van der Waals surface area contributed by atoms with Gasteiger partial charge in [-0.2, -0.15) is 0 Å². The normalized spacial score (nSPS) is 11.9. The predicted molar refractivity (Wildman–Crippen MR) is 87.7 cm³/mol. The summed E-state index contributed by atoms with van der Waals surface area (Å²) < 4.78 is 18.0. The summed E-state index contributed by atoms with van der Waals surface area (Å²) >= 11 is 0. The Labute approximate surface area is 130 Å². The third-order valence-corrected chi connectivity index (χ3v) is 5.08. The van der Waals surface area contributed by atoms with Crippen LogP contribution in [0.1, 0.15) is 47.1 Å². The average molecular weight is 306 g/mol. The monoisotopic (exact) mass is 306 g/mol. The molecule has 0 unspecified atom stereocenters. The Hall–Kier alpha value is -1.12. The molecule has 1 rings (SSSR count). The van der Waals surface area contributed by atoms with Crippen molar-refractivity contribution in [1.82, 2.24) is 0 Å². The summed E-state index contributed by atoms with van der Waals surface area (Å²) in [5.41, 5.74) is 4.10. The molecule has 1 aromatic rings. The van der Waals surface area contributed by atoms with Gasteiger partial charge in [0.05, 0.1) is 0 Å². The Morgan fingerprint density at radius 1 is 0.762 bits per heavy atom. The van der Waals surface area contributed by atoms with E-state index in [4.69, 9.17) is 13.3 Å². The molecule has 0 radical (unpaired) electrons. The lowest BCUT2D eigenvalue weighted by Gasteiger charge is -2.30. The standard InChI is InChI=1S/C17H26O3Si/c1-14(2)18-21(19-15(3)4,20-16(5)6)13-12-17-10-8-7-9-11-17/h7-11,14-16H,1-6H3. The third-order valence-electron chi connectivity index (χ3n) is 2.31. The van der Waals surface area contributed by atoms with Crippen LogP contribution >= 0.6 is 0 Å². The quantitative estimate of drug-likeness (QED) is 0.591. The smallest absolute Gasteiger partial charge is 0.361 e. The van der Waals surface area contributed by atoms with Crippen LogP contribution in [0.5, 0.6) is 0 Å². The Morgan fingerprint density at radius 3 is 1.57 bits per heavy atom. The van der Waals surface area contributed by atoms with Crippen molar-refractivity contribution in [3.05, 3.63) is 35.9 Å². The van der Waals surface area contributed by atoms with Crippen molar-refractivity contribution in [2.24, 2.45) is 0 Å². The molecule has 0 amide bonds. The van der Waals surface area contributed by atoms with Gasteiger partial charge < -0.3 is 13.3 Å². The molecule has 0 bridgehead atoms. The predicted octanol–water partition coefficient (Wildman–Crippen LogP) is 3.79. The van der Waals surface area contributed by atoms with Gasteiger partial charge in [0.25, 0.3) is 0 Å². The van der Waals surface area contributed by atoms with Gasteiger partial charge in [0.1, 0.15) is 0 Å². The van der Waals surface area contributed by atoms with Gasteiger partial charge in [-0.25, -0.2) is 0 Å². The second kappa shape index (κ2) is 8.35. The van der Waals surface area contributed by atoms with Crippen molar-refractivity contribution in [3.8, 4) is 11.5 Å². The molecule has 0 aliphatic heterocycles. The van der Waals surface area contributed by atoms with E-state index >= 15 is 0 Å². The van der Waals surface area contributed by atoms with E-state index in [0.717, 1.165) is 5.56 Å². The highest BCUT2D eigenvalue weighted by atomic mass is 28.4.